The molecule has 4 aliphatic carbocycles. The van der Waals surface area contributed by atoms with Crippen LogP contribution in [0.2, 0.25) is 0 Å². The van der Waals surface area contributed by atoms with E-state index in [0.717, 1.165) is 23.1 Å². The number of ketones is 4. The third kappa shape index (κ3) is 3.16. The normalized spacial score (nSPS) is 34.6. The molecular weight excluding hydrogens is 480 g/mol. The molecule has 1 aromatic carbocycles. The van der Waals surface area contributed by atoms with E-state index in [-0.39, 0.29) is 23.7 Å². The zero-order chi connectivity index (χ0) is 28.1. The molecule has 5 rings (SSSR count). The van der Waals surface area contributed by atoms with E-state index < -0.39 is 51.4 Å². The van der Waals surface area contributed by atoms with Crippen molar-refractivity contribution in [1.82, 2.24) is 0 Å². The smallest absolute Gasteiger partial charge is 0.192 e. The highest BCUT2D eigenvalue weighted by Gasteiger charge is 2.73. The van der Waals surface area contributed by atoms with Crippen LogP contribution in [0.3, 0.4) is 0 Å². The molecule has 2 unspecified atom stereocenters. The van der Waals surface area contributed by atoms with Gasteiger partial charge in [0.05, 0.1) is 11.5 Å². The molecule has 0 amide bonds. The Kier molecular flexibility index (Phi) is 5.71. The topological polar surface area (TPSA) is 109 Å². The lowest BCUT2D eigenvalue weighted by atomic mass is 9.41. The fourth-order valence-electron chi connectivity index (χ4n) is 8.49. The summed E-state index contributed by atoms with van der Waals surface area (Å²) in [5.74, 6) is -5.57. The minimum absolute atomic E-state index is 0.0955. The van der Waals surface area contributed by atoms with E-state index in [1.165, 1.54) is 18.6 Å². The van der Waals surface area contributed by atoms with Crippen molar-refractivity contribution in [1.29, 1.82) is 0 Å². The van der Waals surface area contributed by atoms with Crippen LogP contribution >= 0.6 is 0 Å². The molecule has 6 nitrogen and oxygen atoms in total. The fourth-order valence-corrected chi connectivity index (χ4v) is 8.49. The Morgan fingerprint density at radius 2 is 1.71 bits per heavy atom. The van der Waals surface area contributed by atoms with Gasteiger partial charge in [-0.05, 0) is 74.1 Å². The molecule has 1 saturated carbocycles. The second-order valence-corrected chi connectivity index (χ2v) is 12.7. The van der Waals surface area contributed by atoms with Gasteiger partial charge in [0.2, 0.25) is 0 Å². The average molecular weight is 517 g/mol. The maximum absolute atomic E-state index is 14.4. The van der Waals surface area contributed by atoms with Crippen LogP contribution in [0.15, 0.2) is 41.0 Å². The van der Waals surface area contributed by atoms with Crippen LogP contribution in [0, 0.1) is 28.6 Å². The number of aliphatic hydroxyl groups is 1. The number of carbonyl (C=O) groups excluding carboxylic acids is 4. The summed E-state index contributed by atoms with van der Waals surface area (Å²) in [4.78, 5) is 55.0. The van der Waals surface area contributed by atoms with E-state index in [0.29, 0.717) is 17.6 Å². The number of aromatic hydroxyl groups is 1. The van der Waals surface area contributed by atoms with E-state index in [1.54, 1.807) is 13.8 Å². The van der Waals surface area contributed by atoms with Crippen molar-refractivity contribution in [2.75, 3.05) is 0 Å². The molecular formula is C32H36O6. The SMILES string of the molecule is CC(=O)C1C(=O)[C@@]2(O)C(=O)C3C(=O)c4c(O)ccc(C5=CC=C(C)C5)c4C[C@@]3(C)C[C@@]2(C)C(C(C)C)=C1C. The minimum atomic E-state index is -2.51. The first kappa shape index (κ1) is 26.5. The van der Waals surface area contributed by atoms with Crippen LogP contribution < -0.4 is 0 Å². The monoisotopic (exact) mass is 516 g/mol. The summed E-state index contributed by atoms with van der Waals surface area (Å²) in [5, 5.41) is 23.0. The fraction of sp³-hybridized carbons (Fsp3) is 0.500. The van der Waals surface area contributed by atoms with Gasteiger partial charge in [-0.25, -0.2) is 0 Å². The molecule has 1 fully saturated rings. The molecule has 0 heterocycles. The number of phenolic OH excluding ortho intramolecular Hbond substituents is 1. The van der Waals surface area contributed by atoms with Crippen LogP contribution in [0.4, 0.5) is 0 Å². The summed E-state index contributed by atoms with van der Waals surface area (Å²) in [6.45, 7) is 12.6. The summed E-state index contributed by atoms with van der Waals surface area (Å²) in [6, 6.07) is 3.31. The van der Waals surface area contributed by atoms with Crippen molar-refractivity contribution in [2.24, 2.45) is 28.6 Å². The van der Waals surface area contributed by atoms with Gasteiger partial charge in [0.1, 0.15) is 17.5 Å². The third-order valence-electron chi connectivity index (χ3n) is 9.69. The van der Waals surface area contributed by atoms with Gasteiger partial charge in [-0.1, -0.05) is 62.6 Å². The van der Waals surface area contributed by atoms with E-state index >= 15 is 0 Å². The molecule has 0 bridgehead atoms. The molecule has 4 aliphatic rings. The number of Topliss-reactive ketones (excluding diaryl/α,β-unsaturated/α-hetero) is 4. The number of hydrogen-bond acceptors (Lipinski definition) is 6. The first-order chi connectivity index (χ1) is 17.6. The zero-order valence-electron chi connectivity index (χ0n) is 23.2. The molecule has 38 heavy (non-hydrogen) atoms. The highest BCUT2D eigenvalue weighted by molar-refractivity contribution is 6.27. The zero-order valence-corrected chi connectivity index (χ0v) is 23.2. The maximum Gasteiger partial charge on any atom is 0.192 e. The molecule has 0 spiro atoms. The van der Waals surface area contributed by atoms with Crippen molar-refractivity contribution >= 4 is 28.7 Å². The van der Waals surface area contributed by atoms with Crippen LogP contribution in [0.1, 0.15) is 82.8 Å². The second kappa shape index (κ2) is 8.19. The number of allylic oxidation sites excluding steroid dienone is 5. The predicted molar refractivity (Wildman–Crippen MR) is 143 cm³/mol. The van der Waals surface area contributed by atoms with Crippen molar-refractivity contribution in [2.45, 2.75) is 73.3 Å². The largest absolute Gasteiger partial charge is 0.507 e. The van der Waals surface area contributed by atoms with Crippen molar-refractivity contribution in [3.63, 3.8) is 0 Å². The van der Waals surface area contributed by atoms with Gasteiger partial charge in [0.15, 0.2) is 23.0 Å². The Balaban J connectivity index is 1.75. The predicted octanol–water partition coefficient (Wildman–Crippen LogP) is 4.96. The van der Waals surface area contributed by atoms with Gasteiger partial charge < -0.3 is 10.2 Å². The van der Waals surface area contributed by atoms with Gasteiger partial charge in [0, 0.05) is 5.41 Å². The maximum atomic E-state index is 14.4. The lowest BCUT2D eigenvalue weighted by Crippen LogP contribution is -2.73. The Bertz CT molecular complexity index is 1440. The Labute approximate surface area is 223 Å². The van der Waals surface area contributed by atoms with E-state index in [1.807, 2.05) is 45.9 Å². The molecule has 0 aromatic heterocycles. The highest BCUT2D eigenvalue weighted by Crippen LogP contribution is 2.64. The molecule has 6 heteroatoms. The molecule has 0 saturated heterocycles. The highest BCUT2D eigenvalue weighted by atomic mass is 16.3. The lowest BCUT2D eigenvalue weighted by Gasteiger charge is -2.60. The average Bonchev–Trinajstić information content (AvgIpc) is 3.21. The van der Waals surface area contributed by atoms with Crippen LogP contribution in [0.25, 0.3) is 5.57 Å². The van der Waals surface area contributed by atoms with E-state index in [9.17, 15) is 29.4 Å². The first-order valence-electron chi connectivity index (χ1n) is 13.4. The Hall–Kier alpha value is -3.12. The van der Waals surface area contributed by atoms with Crippen molar-refractivity contribution in [3.05, 3.63) is 57.7 Å². The Morgan fingerprint density at radius 3 is 2.26 bits per heavy atom. The van der Waals surface area contributed by atoms with Gasteiger partial charge in [-0.2, -0.15) is 0 Å². The molecule has 200 valence electrons. The first-order valence-corrected chi connectivity index (χ1v) is 13.4. The number of carbonyl (C=O) groups is 4. The number of rotatable bonds is 3. The van der Waals surface area contributed by atoms with E-state index in [4.69, 9.17) is 0 Å². The molecule has 5 atom stereocenters. The standard InChI is InChI=1S/C32H36O6/c1-15(2)25-17(4)23(18(5)33)28(36)32(38)29(37)26-27(35)24-21(13-30(26,6)14-31(25,32)7)20(10-11-22(24)34)19-9-8-16(3)12-19/h8-11,15,23,26,34,38H,12-14H2,1-7H3/t23?,26?,30-,31-,32+/m0/s1. The van der Waals surface area contributed by atoms with E-state index in [2.05, 4.69) is 0 Å². The summed E-state index contributed by atoms with van der Waals surface area (Å²) in [7, 11) is 0. The minimum Gasteiger partial charge on any atom is -0.507 e. The summed E-state index contributed by atoms with van der Waals surface area (Å²) in [6.07, 6.45) is 5.35. The molecule has 1 aromatic rings. The number of benzene rings is 1. The van der Waals surface area contributed by atoms with Gasteiger partial charge in [0.25, 0.3) is 0 Å². The second-order valence-electron chi connectivity index (χ2n) is 12.7. The quantitative estimate of drug-likeness (QED) is 0.434. The van der Waals surface area contributed by atoms with Gasteiger partial charge in [-0.15, -0.1) is 0 Å². The number of fused-ring (bicyclic) bond motifs is 3. The van der Waals surface area contributed by atoms with Crippen LogP contribution in [0.5, 0.6) is 5.75 Å². The third-order valence-corrected chi connectivity index (χ3v) is 9.69. The van der Waals surface area contributed by atoms with Gasteiger partial charge in [-0.3, -0.25) is 19.2 Å². The van der Waals surface area contributed by atoms with Crippen molar-refractivity contribution in [3.8, 4) is 5.75 Å². The summed E-state index contributed by atoms with van der Waals surface area (Å²) < 4.78 is 0. The molecule has 2 N–H and O–H groups in total. The summed E-state index contributed by atoms with van der Waals surface area (Å²) >= 11 is 0. The Morgan fingerprint density at radius 1 is 1.05 bits per heavy atom. The van der Waals surface area contributed by atoms with Crippen LogP contribution in [-0.2, 0) is 20.8 Å². The van der Waals surface area contributed by atoms with Crippen LogP contribution in [-0.4, -0.2) is 38.9 Å². The summed E-state index contributed by atoms with van der Waals surface area (Å²) in [5.41, 5.74) is 0.561. The lowest BCUT2D eigenvalue weighted by molar-refractivity contribution is -0.183. The van der Waals surface area contributed by atoms with Crippen molar-refractivity contribution < 1.29 is 29.4 Å². The van der Waals surface area contributed by atoms with Gasteiger partial charge >= 0.3 is 0 Å². The molecule has 0 radical (unpaired) electrons. The number of hydrogen-bond donors (Lipinski definition) is 2. The number of phenols is 1. The molecule has 0 aliphatic heterocycles.